The molecule has 1 aromatic heterocycles. The molecule has 3 nitrogen and oxygen atoms in total. The molecule has 0 radical (unpaired) electrons. The Kier molecular flexibility index (Phi) is 3.51. The molecule has 0 aliphatic heterocycles. The highest BCUT2D eigenvalue weighted by Crippen LogP contribution is 2.13. The first-order valence-corrected chi connectivity index (χ1v) is 5.96. The number of Topliss-reactive ketones (excluding diaryl/α,β-unsaturated/α-hetero) is 1. The summed E-state index contributed by atoms with van der Waals surface area (Å²) in [5.41, 5.74) is 4.34. The van der Waals surface area contributed by atoms with Gasteiger partial charge in [-0.3, -0.25) is 4.79 Å². The molecule has 0 amide bonds. The lowest BCUT2D eigenvalue weighted by atomic mass is 9.99. The summed E-state index contributed by atoms with van der Waals surface area (Å²) in [7, 11) is 0. The third-order valence-electron chi connectivity index (χ3n) is 3.01. The number of aryl methyl sites for hydroxylation is 3. The summed E-state index contributed by atoms with van der Waals surface area (Å²) in [6, 6.07) is 9.75. The van der Waals surface area contributed by atoms with Crippen molar-refractivity contribution in [2.24, 2.45) is 0 Å². The zero-order valence-electron chi connectivity index (χ0n) is 10.9. The van der Waals surface area contributed by atoms with Gasteiger partial charge in [-0.2, -0.15) is 10.2 Å². The highest BCUT2D eigenvalue weighted by molar-refractivity contribution is 5.98. The minimum Gasteiger partial charge on any atom is -0.294 e. The number of nitrogens with zero attached hydrogens (tertiary/aromatic N) is 2. The van der Waals surface area contributed by atoms with E-state index in [1.807, 2.05) is 51.1 Å². The number of ketones is 1. The van der Waals surface area contributed by atoms with E-state index in [1.165, 1.54) is 0 Å². The summed E-state index contributed by atoms with van der Waals surface area (Å²) in [5.74, 6) is 0.0970. The van der Waals surface area contributed by atoms with E-state index in [0.29, 0.717) is 17.7 Å². The van der Waals surface area contributed by atoms with Crippen LogP contribution in [0, 0.1) is 20.8 Å². The molecule has 0 saturated carbocycles. The van der Waals surface area contributed by atoms with Gasteiger partial charge in [-0.05, 0) is 38.0 Å². The fourth-order valence-corrected chi connectivity index (χ4v) is 1.91. The van der Waals surface area contributed by atoms with Crippen LogP contribution in [0.4, 0.5) is 0 Å². The third kappa shape index (κ3) is 2.62. The standard InChI is InChI=1S/C15H16N2O/c1-10-6-4-5-7-13(10)9-15(18)14-8-11(2)16-17-12(14)3/h4-8H,9H2,1-3H3. The zero-order chi connectivity index (χ0) is 13.1. The Morgan fingerprint density at radius 1 is 1.11 bits per heavy atom. The van der Waals surface area contributed by atoms with Crippen molar-refractivity contribution in [1.82, 2.24) is 10.2 Å². The van der Waals surface area contributed by atoms with E-state index >= 15 is 0 Å². The fourth-order valence-electron chi connectivity index (χ4n) is 1.91. The van der Waals surface area contributed by atoms with Crippen molar-refractivity contribution in [2.45, 2.75) is 27.2 Å². The lowest BCUT2D eigenvalue weighted by Gasteiger charge is -2.07. The first-order chi connectivity index (χ1) is 8.58. The predicted octanol–water partition coefficient (Wildman–Crippen LogP) is 2.83. The van der Waals surface area contributed by atoms with Gasteiger partial charge in [-0.15, -0.1) is 0 Å². The van der Waals surface area contributed by atoms with Gasteiger partial charge in [0.2, 0.25) is 0 Å². The van der Waals surface area contributed by atoms with Crippen molar-refractivity contribution in [3.8, 4) is 0 Å². The molecule has 0 bridgehead atoms. The van der Waals surface area contributed by atoms with Gasteiger partial charge in [0.05, 0.1) is 11.4 Å². The SMILES string of the molecule is Cc1cc(C(=O)Cc2ccccc2C)c(C)nn1. The van der Waals surface area contributed by atoms with Gasteiger partial charge in [0.15, 0.2) is 5.78 Å². The molecule has 2 aromatic rings. The van der Waals surface area contributed by atoms with Gasteiger partial charge < -0.3 is 0 Å². The van der Waals surface area contributed by atoms with Crippen LogP contribution in [0.2, 0.25) is 0 Å². The van der Waals surface area contributed by atoms with E-state index in [4.69, 9.17) is 0 Å². The molecule has 0 aliphatic carbocycles. The number of aromatic nitrogens is 2. The van der Waals surface area contributed by atoms with Crippen molar-refractivity contribution < 1.29 is 4.79 Å². The minimum absolute atomic E-state index is 0.0970. The first kappa shape index (κ1) is 12.4. The maximum absolute atomic E-state index is 12.3. The van der Waals surface area contributed by atoms with Crippen LogP contribution in [-0.2, 0) is 6.42 Å². The van der Waals surface area contributed by atoms with Gasteiger partial charge in [-0.1, -0.05) is 24.3 Å². The van der Waals surface area contributed by atoms with Crippen LogP contribution in [0.15, 0.2) is 30.3 Å². The number of rotatable bonds is 3. The fraction of sp³-hybridized carbons (Fsp3) is 0.267. The monoisotopic (exact) mass is 240 g/mol. The van der Waals surface area contributed by atoms with Gasteiger partial charge in [-0.25, -0.2) is 0 Å². The Bertz CT molecular complexity index is 591. The molecule has 0 spiro atoms. The van der Waals surface area contributed by atoms with E-state index in [-0.39, 0.29) is 5.78 Å². The zero-order valence-corrected chi connectivity index (χ0v) is 10.9. The Morgan fingerprint density at radius 2 is 1.83 bits per heavy atom. The van der Waals surface area contributed by atoms with E-state index in [0.717, 1.165) is 16.8 Å². The van der Waals surface area contributed by atoms with Crippen LogP contribution in [-0.4, -0.2) is 16.0 Å². The second-order valence-electron chi connectivity index (χ2n) is 4.51. The predicted molar refractivity (Wildman–Crippen MR) is 70.7 cm³/mol. The minimum atomic E-state index is 0.0970. The number of benzene rings is 1. The Morgan fingerprint density at radius 3 is 2.56 bits per heavy atom. The van der Waals surface area contributed by atoms with Crippen molar-refractivity contribution in [2.75, 3.05) is 0 Å². The lowest BCUT2D eigenvalue weighted by molar-refractivity contribution is 0.0991. The summed E-state index contributed by atoms with van der Waals surface area (Å²) < 4.78 is 0. The molecule has 1 aromatic carbocycles. The van der Waals surface area contributed by atoms with Crippen LogP contribution in [0.5, 0.6) is 0 Å². The molecule has 0 saturated heterocycles. The Hall–Kier alpha value is -2.03. The Labute approximate surface area is 107 Å². The first-order valence-electron chi connectivity index (χ1n) is 5.96. The molecule has 0 aliphatic rings. The van der Waals surface area contributed by atoms with Gasteiger partial charge in [0.1, 0.15) is 0 Å². The van der Waals surface area contributed by atoms with Gasteiger partial charge in [0.25, 0.3) is 0 Å². The smallest absolute Gasteiger partial charge is 0.169 e. The van der Waals surface area contributed by atoms with Gasteiger partial charge in [0, 0.05) is 12.0 Å². The average molecular weight is 240 g/mol. The topological polar surface area (TPSA) is 42.9 Å². The van der Waals surface area contributed by atoms with Crippen LogP contribution in [0.3, 0.4) is 0 Å². The molecular weight excluding hydrogens is 224 g/mol. The van der Waals surface area contributed by atoms with Crippen molar-refractivity contribution >= 4 is 5.78 Å². The quantitative estimate of drug-likeness (QED) is 0.775. The number of carbonyl (C=O) groups excluding carboxylic acids is 1. The summed E-state index contributed by atoms with van der Waals surface area (Å²) >= 11 is 0. The van der Waals surface area contributed by atoms with E-state index < -0.39 is 0 Å². The van der Waals surface area contributed by atoms with Crippen molar-refractivity contribution in [3.05, 3.63) is 58.4 Å². The number of hydrogen-bond donors (Lipinski definition) is 0. The molecule has 0 N–H and O–H groups in total. The molecule has 92 valence electrons. The second kappa shape index (κ2) is 5.08. The van der Waals surface area contributed by atoms with E-state index in [9.17, 15) is 4.79 Å². The highest BCUT2D eigenvalue weighted by atomic mass is 16.1. The number of carbonyl (C=O) groups is 1. The molecule has 1 heterocycles. The van der Waals surface area contributed by atoms with Gasteiger partial charge >= 0.3 is 0 Å². The van der Waals surface area contributed by atoms with E-state index in [2.05, 4.69) is 10.2 Å². The average Bonchev–Trinajstić information content (AvgIpc) is 2.35. The molecule has 3 heteroatoms. The lowest BCUT2D eigenvalue weighted by Crippen LogP contribution is -2.09. The number of hydrogen-bond acceptors (Lipinski definition) is 3. The van der Waals surface area contributed by atoms with Crippen LogP contribution in [0.1, 0.15) is 32.9 Å². The molecule has 0 fully saturated rings. The summed E-state index contributed by atoms with van der Waals surface area (Å²) in [6.45, 7) is 5.68. The molecule has 18 heavy (non-hydrogen) atoms. The molecule has 0 unspecified atom stereocenters. The summed E-state index contributed by atoms with van der Waals surface area (Å²) in [5, 5.41) is 7.94. The molecule has 0 atom stereocenters. The third-order valence-corrected chi connectivity index (χ3v) is 3.01. The molecular formula is C15H16N2O. The normalized spacial score (nSPS) is 10.4. The highest BCUT2D eigenvalue weighted by Gasteiger charge is 2.12. The summed E-state index contributed by atoms with van der Waals surface area (Å²) in [4.78, 5) is 12.3. The largest absolute Gasteiger partial charge is 0.294 e. The second-order valence-corrected chi connectivity index (χ2v) is 4.51. The maximum atomic E-state index is 12.3. The van der Waals surface area contributed by atoms with Crippen molar-refractivity contribution in [1.29, 1.82) is 0 Å². The molecule has 2 rings (SSSR count). The van der Waals surface area contributed by atoms with Crippen LogP contribution >= 0.6 is 0 Å². The Balaban J connectivity index is 2.28. The maximum Gasteiger partial charge on any atom is 0.169 e. The van der Waals surface area contributed by atoms with Crippen LogP contribution in [0.25, 0.3) is 0 Å². The summed E-state index contributed by atoms with van der Waals surface area (Å²) in [6.07, 6.45) is 0.415. The van der Waals surface area contributed by atoms with Crippen molar-refractivity contribution in [3.63, 3.8) is 0 Å². The van der Waals surface area contributed by atoms with E-state index in [1.54, 1.807) is 0 Å². The van der Waals surface area contributed by atoms with Crippen LogP contribution < -0.4 is 0 Å².